The first-order chi connectivity index (χ1) is 14.5. The summed E-state index contributed by atoms with van der Waals surface area (Å²) in [5.41, 5.74) is 1.45. The average molecular weight is 425 g/mol. The van der Waals surface area contributed by atoms with Crippen LogP contribution in [0.15, 0.2) is 48.5 Å². The molecule has 1 unspecified atom stereocenters. The number of halogens is 1. The van der Waals surface area contributed by atoms with Crippen molar-refractivity contribution in [2.45, 2.75) is 19.4 Å². The first-order valence-electron chi connectivity index (χ1n) is 9.17. The number of carbonyl (C=O) groups excluding carboxylic acids is 1. The lowest BCUT2D eigenvalue weighted by atomic mass is 10.0. The van der Waals surface area contributed by atoms with E-state index in [1.807, 2.05) is 36.4 Å². The van der Waals surface area contributed by atoms with Gasteiger partial charge in [-0.1, -0.05) is 30.3 Å². The van der Waals surface area contributed by atoms with Crippen LogP contribution in [0.25, 0.3) is 0 Å². The zero-order valence-electron chi connectivity index (χ0n) is 16.5. The molecule has 2 aromatic carbocycles. The van der Waals surface area contributed by atoms with Crippen molar-refractivity contribution in [2.24, 2.45) is 0 Å². The molecule has 0 saturated carbocycles. The van der Waals surface area contributed by atoms with Gasteiger partial charge < -0.3 is 14.7 Å². The van der Waals surface area contributed by atoms with Crippen molar-refractivity contribution in [3.63, 3.8) is 0 Å². The van der Waals surface area contributed by atoms with Crippen molar-refractivity contribution in [3.8, 4) is 6.07 Å². The molecule has 30 heavy (non-hydrogen) atoms. The minimum Gasteiger partial charge on any atom is -0.464 e. The summed E-state index contributed by atoms with van der Waals surface area (Å²) in [6.45, 7) is 1.45. The number of aliphatic hydroxyl groups excluding tert-OH is 1. The SMILES string of the molecule is COC(=O)c1nc(N(c2ccc(C#N)cc2F)C(CO)Cc2ccccc2)sc1C. The third-order valence-corrected chi connectivity index (χ3v) is 5.57. The summed E-state index contributed by atoms with van der Waals surface area (Å²) >= 11 is 1.21. The molecule has 0 spiro atoms. The van der Waals surface area contributed by atoms with E-state index in [9.17, 15) is 14.3 Å². The minimum atomic E-state index is -0.618. The van der Waals surface area contributed by atoms with Crippen LogP contribution >= 0.6 is 11.3 Å². The number of rotatable bonds is 7. The molecule has 1 aromatic heterocycles. The fourth-order valence-electron chi connectivity index (χ4n) is 3.12. The van der Waals surface area contributed by atoms with Crippen LogP contribution in [0.2, 0.25) is 0 Å². The average Bonchev–Trinajstić information content (AvgIpc) is 3.15. The highest BCUT2D eigenvalue weighted by Crippen LogP contribution is 2.36. The second kappa shape index (κ2) is 9.48. The Kier molecular flexibility index (Phi) is 6.77. The van der Waals surface area contributed by atoms with Gasteiger partial charge in [0, 0.05) is 4.88 Å². The van der Waals surface area contributed by atoms with Crippen LogP contribution < -0.4 is 4.90 Å². The fourth-order valence-corrected chi connectivity index (χ4v) is 4.11. The summed E-state index contributed by atoms with van der Waals surface area (Å²) in [6, 6.07) is 15.0. The van der Waals surface area contributed by atoms with E-state index in [1.165, 1.54) is 30.6 Å². The van der Waals surface area contributed by atoms with Crippen LogP contribution in [-0.2, 0) is 11.2 Å². The maximum absolute atomic E-state index is 15.0. The summed E-state index contributed by atoms with van der Waals surface area (Å²) in [5, 5.41) is 19.6. The highest BCUT2D eigenvalue weighted by Gasteiger charge is 2.28. The Balaban J connectivity index is 2.11. The van der Waals surface area contributed by atoms with Crippen molar-refractivity contribution < 1.29 is 19.0 Å². The number of nitriles is 1. The summed E-state index contributed by atoms with van der Waals surface area (Å²) in [5.74, 6) is -1.20. The van der Waals surface area contributed by atoms with Gasteiger partial charge >= 0.3 is 5.97 Å². The normalized spacial score (nSPS) is 11.6. The van der Waals surface area contributed by atoms with Crippen LogP contribution in [-0.4, -0.2) is 35.8 Å². The molecule has 6 nitrogen and oxygen atoms in total. The van der Waals surface area contributed by atoms with Gasteiger partial charge in [0.25, 0.3) is 0 Å². The Morgan fingerprint density at radius 2 is 2.07 bits per heavy atom. The maximum Gasteiger partial charge on any atom is 0.357 e. The molecule has 0 aliphatic heterocycles. The Bertz CT molecular complexity index is 1080. The molecule has 0 amide bonds. The maximum atomic E-state index is 15.0. The molecular formula is C22H20FN3O3S. The van der Waals surface area contributed by atoms with E-state index < -0.39 is 17.8 Å². The number of aromatic nitrogens is 1. The largest absolute Gasteiger partial charge is 0.464 e. The van der Waals surface area contributed by atoms with Crippen LogP contribution in [0, 0.1) is 24.1 Å². The second-order valence-corrected chi connectivity index (χ2v) is 7.75. The van der Waals surface area contributed by atoms with Gasteiger partial charge in [-0.2, -0.15) is 5.26 Å². The van der Waals surface area contributed by atoms with Crippen molar-refractivity contribution in [2.75, 3.05) is 18.6 Å². The lowest BCUT2D eigenvalue weighted by molar-refractivity contribution is 0.0594. The number of benzene rings is 2. The molecule has 0 aliphatic carbocycles. The number of nitrogens with zero attached hydrogens (tertiary/aromatic N) is 3. The van der Waals surface area contributed by atoms with E-state index in [4.69, 9.17) is 10.00 Å². The quantitative estimate of drug-likeness (QED) is 0.576. The molecular weight excluding hydrogens is 405 g/mol. The molecule has 1 atom stereocenters. The van der Waals surface area contributed by atoms with Gasteiger partial charge in [0.15, 0.2) is 10.8 Å². The molecule has 0 radical (unpaired) electrons. The van der Waals surface area contributed by atoms with Crippen LogP contribution in [0.3, 0.4) is 0 Å². The first kappa shape index (κ1) is 21.4. The molecule has 0 fully saturated rings. The van der Waals surface area contributed by atoms with E-state index in [0.29, 0.717) is 16.4 Å². The van der Waals surface area contributed by atoms with Crippen molar-refractivity contribution in [3.05, 3.63) is 76.0 Å². The van der Waals surface area contributed by atoms with Gasteiger partial charge in [0.05, 0.1) is 37.1 Å². The van der Waals surface area contributed by atoms with Gasteiger partial charge in [-0.3, -0.25) is 0 Å². The van der Waals surface area contributed by atoms with Crippen molar-refractivity contribution >= 4 is 28.1 Å². The Morgan fingerprint density at radius 1 is 1.33 bits per heavy atom. The van der Waals surface area contributed by atoms with Crippen LogP contribution in [0.5, 0.6) is 0 Å². The standard InChI is InChI=1S/C22H20FN3O3S/c1-14-20(21(28)29-2)25-22(30-14)26(19-9-8-16(12-24)11-18(19)23)17(13-27)10-15-6-4-3-5-7-15/h3-9,11,17,27H,10,13H2,1-2H3. The number of carbonyl (C=O) groups is 1. The number of anilines is 2. The number of hydrogen-bond donors (Lipinski definition) is 1. The van der Waals surface area contributed by atoms with Gasteiger partial charge in [-0.05, 0) is 37.1 Å². The first-order valence-corrected chi connectivity index (χ1v) is 9.99. The van der Waals surface area contributed by atoms with Crippen LogP contribution in [0.4, 0.5) is 15.2 Å². The summed E-state index contributed by atoms with van der Waals surface area (Å²) in [4.78, 5) is 18.6. The Labute approximate surface area is 177 Å². The molecule has 0 bridgehead atoms. The number of esters is 1. The molecule has 3 rings (SSSR count). The number of ether oxygens (including phenoxy) is 1. The van der Waals surface area contributed by atoms with E-state index in [2.05, 4.69) is 4.98 Å². The third-order valence-electron chi connectivity index (χ3n) is 4.60. The van der Waals surface area contributed by atoms with E-state index >= 15 is 0 Å². The van der Waals surface area contributed by atoms with Gasteiger partial charge in [-0.25, -0.2) is 14.2 Å². The third kappa shape index (κ3) is 4.48. The van der Waals surface area contributed by atoms with Crippen molar-refractivity contribution in [1.82, 2.24) is 4.98 Å². The summed E-state index contributed by atoms with van der Waals surface area (Å²) in [7, 11) is 1.27. The molecule has 1 N–H and O–H groups in total. The number of aliphatic hydroxyl groups is 1. The monoisotopic (exact) mass is 425 g/mol. The van der Waals surface area contributed by atoms with Crippen molar-refractivity contribution in [1.29, 1.82) is 5.26 Å². The zero-order chi connectivity index (χ0) is 21.7. The van der Waals surface area contributed by atoms with Gasteiger partial charge in [0.1, 0.15) is 5.82 Å². The summed E-state index contributed by atoms with van der Waals surface area (Å²) < 4.78 is 19.7. The predicted octanol–water partition coefficient (Wildman–Crippen LogP) is 3.99. The lowest BCUT2D eigenvalue weighted by Crippen LogP contribution is -2.36. The van der Waals surface area contributed by atoms with Crippen LogP contribution in [0.1, 0.15) is 26.5 Å². The Morgan fingerprint density at radius 3 is 2.67 bits per heavy atom. The number of methoxy groups -OCH3 is 1. The number of hydrogen-bond acceptors (Lipinski definition) is 7. The predicted molar refractivity (Wildman–Crippen MR) is 112 cm³/mol. The summed E-state index contributed by atoms with van der Waals surface area (Å²) in [6.07, 6.45) is 0.420. The molecule has 0 aliphatic rings. The molecule has 8 heteroatoms. The Hall–Kier alpha value is -3.28. The van der Waals surface area contributed by atoms with Gasteiger partial charge in [-0.15, -0.1) is 11.3 Å². The lowest BCUT2D eigenvalue weighted by Gasteiger charge is -2.31. The molecule has 3 aromatic rings. The fraction of sp³-hybridized carbons (Fsp3) is 0.227. The minimum absolute atomic E-state index is 0.146. The van der Waals surface area contributed by atoms with E-state index in [0.717, 1.165) is 11.6 Å². The van der Waals surface area contributed by atoms with E-state index in [-0.39, 0.29) is 23.6 Å². The molecule has 1 heterocycles. The zero-order valence-corrected chi connectivity index (χ0v) is 17.3. The second-order valence-electron chi connectivity index (χ2n) is 6.57. The molecule has 0 saturated heterocycles. The number of thiazole rings is 1. The highest BCUT2D eigenvalue weighted by atomic mass is 32.1. The molecule has 154 valence electrons. The van der Waals surface area contributed by atoms with Gasteiger partial charge in [0.2, 0.25) is 0 Å². The highest BCUT2D eigenvalue weighted by molar-refractivity contribution is 7.15. The van der Waals surface area contributed by atoms with E-state index in [1.54, 1.807) is 11.8 Å². The topological polar surface area (TPSA) is 86.5 Å². The smallest absolute Gasteiger partial charge is 0.357 e. The number of aryl methyl sites for hydroxylation is 1.